The van der Waals surface area contributed by atoms with Crippen LogP contribution >= 0.6 is 0 Å². The topological polar surface area (TPSA) is 84.8 Å². The molecule has 0 aromatic carbocycles. The van der Waals surface area contributed by atoms with Crippen LogP contribution in [0.25, 0.3) is 0 Å². The smallest absolute Gasteiger partial charge is 0.339 e. The van der Waals surface area contributed by atoms with E-state index in [1.807, 2.05) is 11.9 Å². The molecule has 1 rings (SSSR count). The molecule has 1 aliphatic rings. The molecule has 4 N–H and O–H groups in total. The lowest BCUT2D eigenvalue weighted by Crippen LogP contribution is -2.43. The van der Waals surface area contributed by atoms with Gasteiger partial charge in [0.1, 0.15) is 0 Å². The van der Waals surface area contributed by atoms with Gasteiger partial charge in [0.25, 0.3) is 0 Å². The first-order chi connectivity index (χ1) is 8.99. The van der Waals surface area contributed by atoms with Crippen molar-refractivity contribution in [1.29, 1.82) is 0 Å². The Labute approximate surface area is 114 Å². The van der Waals surface area contributed by atoms with E-state index >= 15 is 0 Å². The third-order valence-electron chi connectivity index (χ3n) is 3.55. The molecule has 1 saturated heterocycles. The van der Waals surface area contributed by atoms with E-state index in [1.165, 1.54) is 13.3 Å². The molecular weight excluding hydrogens is 244 g/mol. The molecule has 0 radical (unpaired) electrons. The summed E-state index contributed by atoms with van der Waals surface area (Å²) >= 11 is 0. The van der Waals surface area contributed by atoms with Gasteiger partial charge in [0, 0.05) is 19.3 Å². The number of nitrogens with two attached hydrogens (primary N) is 2. The van der Waals surface area contributed by atoms with Crippen molar-refractivity contribution in [2.45, 2.75) is 18.9 Å². The summed E-state index contributed by atoms with van der Waals surface area (Å²) in [5.41, 5.74) is 11.7. The van der Waals surface area contributed by atoms with Crippen LogP contribution in [0.4, 0.5) is 0 Å². The average Bonchev–Trinajstić information content (AvgIpc) is 2.43. The first-order valence-corrected chi connectivity index (χ1v) is 6.38. The lowest BCUT2D eigenvalue weighted by molar-refractivity contribution is -0.135. The van der Waals surface area contributed by atoms with E-state index < -0.39 is 5.97 Å². The fourth-order valence-corrected chi connectivity index (χ4v) is 2.15. The standard InChI is InChI=1S/C13H24N4O2/c1-16-6-4-11(5-7-16)17(2)12(15)8-10(9-14)13(18)19-3/h8-9,11H,4-7,14-15H2,1-3H3/b10-9+,12-8+. The molecule has 6 heteroatoms. The Balaban J connectivity index is 2.70. The summed E-state index contributed by atoms with van der Waals surface area (Å²) in [6.45, 7) is 2.11. The average molecular weight is 268 g/mol. The highest BCUT2D eigenvalue weighted by molar-refractivity contribution is 5.91. The molecule has 108 valence electrons. The molecule has 0 amide bonds. The van der Waals surface area contributed by atoms with Crippen molar-refractivity contribution in [3.63, 3.8) is 0 Å². The van der Waals surface area contributed by atoms with Gasteiger partial charge >= 0.3 is 5.97 Å². The molecular formula is C13H24N4O2. The molecule has 0 saturated carbocycles. The van der Waals surface area contributed by atoms with E-state index in [9.17, 15) is 4.79 Å². The summed E-state index contributed by atoms with van der Waals surface area (Å²) in [7, 11) is 5.37. The number of carbonyl (C=O) groups excluding carboxylic acids is 1. The Morgan fingerprint density at radius 1 is 1.42 bits per heavy atom. The van der Waals surface area contributed by atoms with Crippen molar-refractivity contribution < 1.29 is 9.53 Å². The summed E-state index contributed by atoms with van der Waals surface area (Å²) < 4.78 is 4.63. The number of ether oxygens (including phenoxy) is 1. The minimum Gasteiger partial charge on any atom is -0.465 e. The molecule has 1 aliphatic heterocycles. The number of rotatable bonds is 4. The number of methoxy groups -OCH3 is 1. The molecule has 0 unspecified atom stereocenters. The Hall–Kier alpha value is -1.69. The quantitative estimate of drug-likeness (QED) is 0.418. The minimum atomic E-state index is -0.484. The Kier molecular flexibility index (Phi) is 5.69. The Morgan fingerprint density at radius 2 is 2.00 bits per heavy atom. The zero-order valence-electron chi connectivity index (χ0n) is 11.9. The van der Waals surface area contributed by atoms with E-state index in [2.05, 4.69) is 16.7 Å². The number of likely N-dealkylation sites (tertiary alicyclic amines) is 1. The van der Waals surface area contributed by atoms with Crippen LogP contribution in [0.2, 0.25) is 0 Å². The number of nitrogens with zero attached hydrogens (tertiary/aromatic N) is 2. The second kappa shape index (κ2) is 7.04. The zero-order valence-corrected chi connectivity index (χ0v) is 11.9. The normalized spacial score (nSPS) is 19.3. The van der Waals surface area contributed by atoms with Crippen molar-refractivity contribution in [1.82, 2.24) is 9.80 Å². The third kappa shape index (κ3) is 4.17. The van der Waals surface area contributed by atoms with Gasteiger partial charge in [0.05, 0.1) is 18.5 Å². The molecule has 1 fully saturated rings. The van der Waals surface area contributed by atoms with Crippen molar-refractivity contribution >= 4 is 5.97 Å². The molecule has 0 atom stereocenters. The van der Waals surface area contributed by atoms with Crippen LogP contribution in [-0.4, -0.2) is 56.1 Å². The molecule has 6 nitrogen and oxygen atoms in total. The number of hydrogen-bond acceptors (Lipinski definition) is 6. The summed E-state index contributed by atoms with van der Waals surface area (Å²) in [5.74, 6) is 0.0406. The largest absolute Gasteiger partial charge is 0.465 e. The highest BCUT2D eigenvalue weighted by Crippen LogP contribution is 2.17. The van der Waals surface area contributed by atoms with Crippen LogP contribution in [0.5, 0.6) is 0 Å². The van der Waals surface area contributed by atoms with Gasteiger partial charge in [-0.2, -0.15) is 0 Å². The maximum Gasteiger partial charge on any atom is 0.339 e. The van der Waals surface area contributed by atoms with Crippen LogP contribution in [0.3, 0.4) is 0 Å². The SMILES string of the molecule is COC(=O)C(=C/N)/C=C(\N)N(C)C1CCN(C)CC1. The van der Waals surface area contributed by atoms with Gasteiger partial charge in [0.15, 0.2) is 0 Å². The van der Waals surface area contributed by atoms with E-state index in [1.54, 1.807) is 6.08 Å². The molecule has 0 bridgehead atoms. The number of piperidine rings is 1. The second-order valence-electron chi connectivity index (χ2n) is 4.83. The van der Waals surface area contributed by atoms with Crippen molar-refractivity contribution in [2.24, 2.45) is 11.5 Å². The molecule has 0 aliphatic carbocycles. The third-order valence-corrected chi connectivity index (χ3v) is 3.55. The van der Waals surface area contributed by atoms with Crippen molar-refractivity contribution in [3.8, 4) is 0 Å². The van der Waals surface area contributed by atoms with Crippen LogP contribution in [-0.2, 0) is 9.53 Å². The van der Waals surface area contributed by atoms with E-state index in [0.29, 0.717) is 11.9 Å². The van der Waals surface area contributed by atoms with Gasteiger partial charge < -0.3 is 26.0 Å². The lowest BCUT2D eigenvalue weighted by Gasteiger charge is -2.36. The molecule has 0 spiro atoms. The van der Waals surface area contributed by atoms with Crippen LogP contribution in [0, 0.1) is 0 Å². The highest BCUT2D eigenvalue weighted by atomic mass is 16.5. The monoisotopic (exact) mass is 268 g/mol. The van der Waals surface area contributed by atoms with E-state index in [4.69, 9.17) is 11.5 Å². The fourth-order valence-electron chi connectivity index (χ4n) is 2.15. The summed E-state index contributed by atoms with van der Waals surface area (Å²) in [5, 5.41) is 0. The molecule has 19 heavy (non-hydrogen) atoms. The predicted molar refractivity (Wildman–Crippen MR) is 74.8 cm³/mol. The molecule has 0 aromatic rings. The van der Waals surface area contributed by atoms with Crippen molar-refractivity contribution in [3.05, 3.63) is 23.7 Å². The van der Waals surface area contributed by atoms with Crippen LogP contribution < -0.4 is 11.5 Å². The maximum atomic E-state index is 11.4. The lowest BCUT2D eigenvalue weighted by atomic mass is 10.0. The first kappa shape index (κ1) is 15.4. The summed E-state index contributed by atoms with van der Waals surface area (Å²) in [4.78, 5) is 15.7. The van der Waals surface area contributed by atoms with Gasteiger partial charge in [0.2, 0.25) is 0 Å². The molecule has 0 aromatic heterocycles. The minimum absolute atomic E-state index is 0.264. The zero-order chi connectivity index (χ0) is 14.4. The Morgan fingerprint density at radius 3 is 2.47 bits per heavy atom. The van der Waals surface area contributed by atoms with Gasteiger partial charge in [-0.05, 0) is 39.1 Å². The van der Waals surface area contributed by atoms with Gasteiger partial charge in [-0.1, -0.05) is 0 Å². The van der Waals surface area contributed by atoms with Gasteiger partial charge in [-0.25, -0.2) is 4.79 Å². The number of esters is 1. The molecule has 1 heterocycles. The Bertz CT molecular complexity index is 371. The fraction of sp³-hybridized carbons (Fsp3) is 0.615. The number of carbonyl (C=O) groups is 1. The maximum absolute atomic E-state index is 11.4. The first-order valence-electron chi connectivity index (χ1n) is 6.38. The van der Waals surface area contributed by atoms with Crippen molar-refractivity contribution in [2.75, 3.05) is 34.3 Å². The highest BCUT2D eigenvalue weighted by Gasteiger charge is 2.21. The second-order valence-corrected chi connectivity index (χ2v) is 4.83. The van der Waals surface area contributed by atoms with Gasteiger partial charge in [-0.15, -0.1) is 0 Å². The predicted octanol–water partition coefficient (Wildman–Crippen LogP) is -0.172. The summed E-state index contributed by atoms with van der Waals surface area (Å²) in [6.07, 6.45) is 4.88. The number of hydrogen-bond donors (Lipinski definition) is 2. The van der Waals surface area contributed by atoms with Crippen LogP contribution in [0.1, 0.15) is 12.8 Å². The van der Waals surface area contributed by atoms with Gasteiger partial charge in [-0.3, -0.25) is 0 Å². The van der Waals surface area contributed by atoms with Crippen LogP contribution in [0.15, 0.2) is 23.7 Å². The summed E-state index contributed by atoms with van der Waals surface area (Å²) in [6, 6.07) is 0.393. The van der Waals surface area contributed by atoms with E-state index in [-0.39, 0.29) is 5.57 Å². The van der Waals surface area contributed by atoms with E-state index in [0.717, 1.165) is 25.9 Å².